The number of rotatable bonds is 5. The number of hydrogen-bond acceptors (Lipinski definition) is 7. The van der Waals surface area contributed by atoms with Crippen molar-refractivity contribution in [1.29, 1.82) is 0 Å². The number of anilines is 3. The summed E-state index contributed by atoms with van der Waals surface area (Å²) in [4.78, 5) is 46.9. The predicted octanol–water partition coefficient (Wildman–Crippen LogP) is 3.65. The van der Waals surface area contributed by atoms with E-state index in [0.717, 1.165) is 69.3 Å². The number of carboxylic acids is 2. The monoisotopic (exact) mass is 551 g/mol. The van der Waals surface area contributed by atoms with Crippen LogP contribution in [0.15, 0.2) is 60.9 Å². The number of hydrogen-bond donors (Lipinski definition) is 2. The molecule has 0 bridgehead atoms. The van der Waals surface area contributed by atoms with Gasteiger partial charge in [0.25, 0.3) is 0 Å². The van der Waals surface area contributed by atoms with Crippen LogP contribution >= 0.6 is 11.6 Å². The van der Waals surface area contributed by atoms with E-state index >= 15 is 0 Å². The molecule has 0 aliphatic carbocycles. The summed E-state index contributed by atoms with van der Waals surface area (Å²) in [5.41, 5.74) is 4.29. The van der Waals surface area contributed by atoms with Gasteiger partial charge < -0.3 is 15.1 Å². The number of aromatic nitrogens is 2. The third kappa shape index (κ3) is 7.30. The average molecular weight is 552 g/mol. The number of benzene rings is 2. The summed E-state index contributed by atoms with van der Waals surface area (Å²) in [5, 5.41) is 15.4. The highest BCUT2D eigenvalue weighted by atomic mass is 35.5. The summed E-state index contributed by atoms with van der Waals surface area (Å²) in [6.45, 7) is 4.63. The molecule has 2 aliphatic rings. The first-order valence-corrected chi connectivity index (χ1v) is 13.1. The minimum Gasteiger partial charge on any atom is -0.473 e. The highest BCUT2D eigenvalue weighted by Crippen LogP contribution is 2.38. The van der Waals surface area contributed by atoms with Crippen LogP contribution in [0.4, 0.5) is 17.3 Å². The van der Waals surface area contributed by atoms with E-state index in [1.54, 1.807) is 12.4 Å². The van der Waals surface area contributed by atoms with E-state index in [-0.39, 0.29) is 5.91 Å². The molecule has 0 radical (unpaired) electrons. The molecular formula is C28H30ClN5O5. The zero-order valence-corrected chi connectivity index (χ0v) is 22.1. The molecule has 0 spiro atoms. The average Bonchev–Trinajstić information content (AvgIpc) is 3.10. The normalized spacial score (nSPS) is 14.8. The Bertz CT molecular complexity index is 1300. The molecule has 11 heteroatoms. The van der Waals surface area contributed by atoms with Crippen molar-refractivity contribution in [3.8, 4) is 0 Å². The van der Waals surface area contributed by atoms with Gasteiger partial charge in [-0.3, -0.25) is 14.6 Å². The molecule has 2 N–H and O–H groups in total. The van der Waals surface area contributed by atoms with Crippen LogP contribution in [0, 0.1) is 0 Å². The van der Waals surface area contributed by atoms with Crippen molar-refractivity contribution in [2.75, 3.05) is 42.5 Å². The summed E-state index contributed by atoms with van der Waals surface area (Å²) < 4.78 is 0. The van der Waals surface area contributed by atoms with E-state index in [0.29, 0.717) is 11.4 Å². The predicted molar refractivity (Wildman–Crippen MR) is 148 cm³/mol. The third-order valence-corrected chi connectivity index (χ3v) is 6.92. The van der Waals surface area contributed by atoms with E-state index in [1.165, 1.54) is 11.1 Å². The second-order valence-electron chi connectivity index (χ2n) is 9.22. The minimum atomic E-state index is -1.82. The Balaban J connectivity index is 0.000000531. The maximum absolute atomic E-state index is 13.5. The van der Waals surface area contributed by atoms with Crippen LogP contribution in [0.1, 0.15) is 24.0 Å². The second kappa shape index (κ2) is 13.2. The third-order valence-electron chi connectivity index (χ3n) is 6.69. The van der Waals surface area contributed by atoms with Crippen LogP contribution in [-0.4, -0.2) is 75.7 Å². The SMILES string of the molecule is O=C(CCCN1CCN(c2ncccn2)CC1)N1c2ccccc2CCc2ccc(Cl)cc21.O=C(O)C(=O)O. The number of aryl methyl sites for hydroxylation is 2. The van der Waals surface area contributed by atoms with E-state index < -0.39 is 11.9 Å². The first-order chi connectivity index (χ1) is 18.8. The van der Waals surface area contributed by atoms with E-state index in [9.17, 15) is 4.79 Å². The number of para-hydroxylation sites is 1. The smallest absolute Gasteiger partial charge is 0.414 e. The Morgan fingerprint density at radius 2 is 1.46 bits per heavy atom. The number of piperazine rings is 1. The maximum atomic E-state index is 13.5. The van der Waals surface area contributed by atoms with Crippen molar-refractivity contribution in [1.82, 2.24) is 14.9 Å². The van der Waals surface area contributed by atoms with Crippen LogP contribution in [0.5, 0.6) is 0 Å². The molecule has 1 fully saturated rings. The molecule has 1 saturated heterocycles. The van der Waals surface area contributed by atoms with Gasteiger partial charge in [0.05, 0.1) is 11.4 Å². The zero-order valence-electron chi connectivity index (χ0n) is 21.4. The fraction of sp³-hybridized carbons (Fsp3) is 0.321. The summed E-state index contributed by atoms with van der Waals surface area (Å²) in [6, 6.07) is 16.0. The second-order valence-corrected chi connectivity index (χ2v) is 9.66. The number of fused-ring (bicyclic) bond motifs is 2. The molecule has 0 unspecified atom stereocenters. The minimum absolute atomic E-state index is 0.129. The van der Waals surface area contributed by atoms with Crippen LogP contribution in [0.2, 0.25) is 5.02 Å². The fourth-order valence-corrected chi connectivity index (χ4v) is 4.92. The molecule has 1 amide bonds. The molecule has 3 heterocycles. The van der Waals surface area contributed by atoms with Crippen molar-refractivity contribution < 1.29 is 24.6 Å². The number of carboxylic acid groups (broad SMARTS) is 2. The topological polar surface area (TPSA) is 127 Å². The van der Waals surface area contributed by atoms with Gasteiger partial charge in [-0.2, -0.15) is 0 Å². The molecule has 0 atom stereocenters. The fourth-order valence-electron chi connectivity index (χ4n) is 4.76. The summed E-state index contributed by atoms with van der Waals surface area (Å²) in [5.74, 6) is -2.72. The highest BCUT2D eigenvalue weighted by molar-refractivity contribution is 6.31. The van der Waals surface area contributed by atoms with Gasteiger partial charge in [0.2, 0.25) is 11.9 Å². The zero-order chi connectivity index (χ0) is 27.8. The highest BCUT2D eigenvalue weighted by Gasteiger charge is 2.26. The molecule has 1 aromatic heterocycles. The van der Waals surface area contributed by atoms with Crippen LogP contribution in [0.25, 0.3) is 0 Å². The van der Waals surface area contributed by atoms with Gasteiger partial charge in [0.15, 0.2) is 0 Å². The lowest BCUT2D eigenvalue weighted by molar-refractivity contribution is -0.159. The number of halogens is 1. The largest absolute Gasteiger partial charge is 0.473 e. The van der Waals surface area contributed by atoms with Crippen LogP contribution < -0.4 is 9.80 Å². The maximum Gasteiger partial charge on any atom is 0.414 e. The van der Waals surface area contributed by atoms with Crippen molar-refractivity contribution in [3.05, 3.63) is 77.1 Å². The van der Waals surface area contributed by atoms with Crippen molar-refractivity contribution in [3.63, 3.8) is 0 Å². The Labute approximate surface area is 231 Å². The van der Waals surface area contributed by atoms with Crippen molar-refractivity contribution >= 4 is 46.8 Å². The first-order valence-electron chi connectivity index (χ1n) is 12.7. The van der Waals surface area contributed by atoms with Gasteiger partial charge in [-0.05, 0) is 61.2 Å². The van der Waals surface area contributed by atoms with E-state index in [1.807, 2.05) is 41.3 Å². The lowest BCUT2D eigenvalue weighted by Gasteiger charge is -2.34. The van der Waals surface area contributed by atoms with Gasteiger partial charge in [-0.1, -0.05) is 35.9 Å². The molecular weight excluding hydrogens is 522 g/mol. The van der Waals surface area contributed by atoms with Crippen LogP contribution in [0.3, 0.4) is 0 Å². The number of aliphatic carboxylic acids is 2. The van der Waals surface area contributed by atoms with Gasteiger partial charge in [-0.15, -0.1) is 0 Å². The number of amides is 1. The molecule has 204 valence electrons. The lowest BCUT2D eigenvalue weighted by Crippen LogP contribution is -2.47. The number of carbonyl (C=O) groups excluding carboxylic acids is 1. The Morgan fingerprint density at radius 3 is 2.13 bits per heavy atom. The van der Waals surface area contributed by atoms with Gasteiger partial charge in [-0.25, -0.2) is 19.6 Å². The Morgan fingerprint density at radius 1 is 0.821 bits per heavy atom. The van der Waals surface area contributed by atoms with Crippen LogP contribution in [-0.2, 0) is 27.2 Å². The summed E-state index contributed by atoms with van der Waals surface area (Å²) in [7, 11) is 0. The molecule has 5 rings (SSSR count). The van der Waals surface area contributed by atoms with E-state index in [4.69, 9.17) is 31.4 Å². The quantitative estimate of drug-likeness (QED) is 0.457. The Hall–Kier alpha value is -4.02. The molecule has 10 nitrogen and oxygen atoms in total. The van der Waals surface area contributed by atoms with Gasteiger partial charge in [0, 0.05) is 50.0 Å². The molecule has 3 aromatic rings. The molecule has 2 aromatic carbocycles. The molecule has 2 aliphatic heterocycles. The first kappa shape index (κ1) is 28.0. The van der Waals surface area contributed by atoms with Crippen molar-refractivity contribution in [2.24, 2.45) is 0 Å². The standard InChI is InChI=1S/C26H28ClN5O.C2H2O4/c27-22-11-10-21-9-8-20-5-1-2-6-23(20)32(24(21)19-22)25(33)7-3-14-30-15-17-31(18-16-30)26-28-12-4-13-29-26;3-1(4)2(5)6/h1-2,4-6,10-13,19H,3,7-9,14-18H2;(H,3,4)(H,5,6). The van der Waals surface area contributed by atoms with Crippen molar-refractivity contribution in [2.45, 2.75) is 25.7 Å². The van der Waals surface area contributed by atoms with E-state index in [2.05, 4.69) is 31.9 Å². The molecule has 0 saturated carbocycles. The Kier molecular flexibility index (Phi) is 9.45. The lowest BCUT2D eigenvalue weighted by atomic mass is 10.0. The number of nitrogens with zero attached hydrogens (tertiary/aromatic N) is 5. The molecule has 39 heavy (non-hydrogen) atoms. The summed E-state index contributed by atoms with van der Waals surface area (Å²) in [6.07, 6.45) is 6.73. The number of carbonyl (C=O) groups is 3. The van der Waals surface area contributed by atoms with Gasteiger partial charge in [0.1, 0.15) is 0 Å². The van der Waals surface area contributed by atoms with Gasteiger partial charge >= 0.3 is 11.9 Å². The summed E-state index contributed by atoms with van der Waals surface area (Å²) >= 11 is 6.33.